The topological polar surface area (TPSA) is 35.2 Å². The first-order valence-electron chi connectivity index (χ1n) is 6.84. The van der Waals surface area contributed by atoms with Crippen LogP contribution in [0.1, 0.15) is 17.0 Å². The van der Waals surface area contributed by atoms with Crippen molar-refractivity contribution in [1.29, 1.82) is 0 Å². The summed E-state index contributed by atoms with van der Waals surface area (Å²) >= 11 is 1.86. The van der Waals surface area contributed by atoms with E-state index in [0.29, 0.717) is 0 Å². The van der Waals surface area contributed by atoms with Gasteiger partial charge in [0.05, 0.1) is 6.33 Å². The molecule has 1 aliphatic heterocycles. The quantitative estimate of drug-likeness (QED) is 0.929. The third-order valence-corrected chi connectivity index (χ3v) is 4.45. The molecule has 2 aromatic heterocycles. The predicted molar refractivity (Wildman–Crippen MR) is 78.1 cm³/mol. The smallest absolute Gasteiger partial charge is 0.0922 e. The van der Waals surface area contributed by atoms with E-state index in [0.717, 1.165) is 26.2 Å². The van der Waals surface area contributed by atoms with Crippen molar-refractivity contribution in [1.82, 2.24) is 19.8 Å². The zero-order chi connectivity index (χ0) is 12.9. The first-order valence-corrected chi connectivity index (χ1v) is 7.72. The zero-order valence-corrected chi connectivity index (χ0v) is 11.9. The van der Waals surface area contributed by atoms with Gasteiger partial charge < -0.3 is 4.98 Å². The maximum absolute atomic E-state index is 4.08. The zero-order valence-electron chi connectivity index (χ0n) is 11.1. The predicted octanol–water partition coefficient (Wildman–Crippen LogP) is 2.18. The molecular formula is C14H20N4S. The van der Waals surface area contributed by atoms with Gasteiger partial charge in [-0.3, -0.25) is 9.80 Å². The average molecular weight is 276 g/mol. The van der Waals surface area contributed by atoms with Gasteiger partial charge >= 0.3 is 0 Å². The van der Waals surface area contributed by atoms with E-state index in [1.165, 1.54) is 30.1 Å². The van der Waals surface area contributed by atoms with Crippen LogP contribution in [0.5, 0.6) is 0 Å². The molecule has 0 amide bonds. The Morgan fingerprint density at radius 1 is 1.16 bits per heavy atom. The van der Waals surface area contributed by atoms with E-state index in [4.69, 9.17) is 0 Å². The number of imidazole rings is 1. The molecule has 19 heavy (non-hydrogen) atoms. The van der Waals surface area contributed by atoms with Crippen LogP contribution in [0.2, 0.25) is 0 Å². The van der Waals surface area contributed by atoms with Gasteiger partial charge in [0.25, 0.3) is 0 Å². The van der Waals surface area contributed by atoms with Crippen LogP contribution in [0.15, 0.2) is 30.0 Å². The fourth-order valence-electron chi connectivity index (χ4n) is 2.58. The first kappa shape index (κ1) is 12.8. The number of aromatic nitrogens is 2. The number of aromatic amines is 1. The highest BCUT2D eigenvalue weighted by atomic mass is 32.1. The largest absolute Gasteiger partial charge is 0.347 e. The summed E-state index contributed by atoms with van der Waals surface area (Å²) < 4.78 is 0. The Morgan fingerprint density at radius 2 is 2.00 bits per heavy atom. The van der Waals surface area contributed by atoms with Crippen molar-refractivity contribution in [3.63, 3.8) is 0 Å². The van der Waals surface area contributed by atoms with Crippen molar-refractivity contribution < 1.29 is 0 Å². The van der Waals surface area contributed by atoms with Crippen molar-refractivity contribution in [2.24, 2.45) is 0 Å². The third-order valence-electron chi connectivity index (χ3n) is 3.59. The maximum Gasteiger partial charge on any atom is 0.0922 e. The van der Waals surface area contributed by atoms with E-state index in [1.54, 1.807) is 6.33 Å². The van der Waals surface area contributed by atoms with E-state index in [2.05, 4.69) is 37.3 Å². The molecule has 0 spiro atoms. The van der Waals surface area contributed by atoms with Gasteiger partial charge in [-0.2, -0.15) is 0 Å². The molecule has 4 nitrogen and oxygen atoms in total. The fraction of sp³-hybridized carbons (Fsp3) is 0.500. The van der Waals surface area contributed by atoms with Crippen LogP contribution >= 0.6 is 11.3 Å². The Hall–Kier alpha value is -1.17. The van der Waals surface area contributed by atoms with Gasteiger partial charge in [0, 0.05) is 42.9 Å². The fourth-order valence-corrected chi connectivity index (χ4v) is 3.32. The molecular weight excluding hydrogens is 256 g/mol. The molecule has 0 saturated carbocycles. The highest BCUT2D eigenvalue weighted by Gasteiger charge is 2.15. The molecule has 3 heterocycles. The highest BCUT2D eigenvalue weighted by molar-refractivity contribution is 7.09. The molecule has 0 aliphatic carbocycles. The Bertz CT molecular complexity index is 421. The Kier molecular flexibility index (Phi) is 4.27. The summed E-state index contributed by atoms with van der Waals surface area (Å²) in [5.74, 6) is 0. The number of hydrogen-bond donors (Lipinski definition) is 1. The number of hydrogen-bond acceptors (Lipinski definition) is 4. The molecule has 0 aromatic carbocycles. The molecule has 0 unspecified atom stereocenters. The van der Waals surface area contributed by atoms with Crippen molar-refractivity contribution in [2.75, 3.05) is 26.2 Å². The number of rotatable bonds is 4. The molecule has 1 saturated heterocycles. The second-order valence-corrected chi connectivity index (χ2v) is 6.09. The molecule has 0 bridgehead atoms. The molecule has 1 fully saturated rings. The Labute approximate surface area is 118 Å². The van der Waals surface area contributed by atoms with E-state index in [1.807, 2.05) is 17.5 Å². The van der Waals surface area contributed by atoms with Crippen molar-refractivity contribution in [3.8, 4) is 0 Å². The van der Waals surface area contributed by atoms with Crippen LogP contribution in [0.25, 0.3) is 0 Å². The minimum Gasteiger partial charge on any atom is -0.347 e. The van der Waals surface area contributed by atoms with Crippen LogP contribution in [0.3, 0.4) is 0 Å². The van der Waals surface area contributed by atoms with E-state index < -0.39 is 0 Å². The molecule has 2 aromatic rings. The summed E-state index contributed by atoms with van der Waals surface area (Å²) in [6.45, 7) is 6.79. The summed E-state index contributed by atoms with van der Waals surface area (Å²) in [4.78, 5) is 13.8. The van der Waals surface area contributed by atoms with E-state index >= 15 is 0 Å². The molecule has 0 atom stereocenters. The van der Waals surface area contributed by atoms with Gasteiger partial charge in [0.1, 0.15) is 0 Å². The van der Waals surface area contributed by atoms with E-state index in [-0.39, 0.29) is 0 Å². The van der Waals surface area contributed by atoms with Gasteiger partial charge in [0.2, 0.25) is 0 Å². The third kappa shape index (κ3) is 3.65. The van der Waals surface area contributed by atoms with Gasteiger partial charge in [-0.1, -0.05) is 6.07 Å². The van der Waals surface area contributed by atoms with Crippen LogP contribution in [-0.2, 0) is 13.1 Å². The lowest BCUT2D eigenvalue weighted by Gasteiger charge is -2.20. The second-order valence-electron chi connectivity index (χ2n) is 5.06. The number of nitrogens with one attached hydrogen (secondary N) is 1. The summed E-state index contributed by atoms with van der Waals surface area (Å²) in [5.41, 5.74) is 1.21. The lowest BCUT2D eigenvalue weighted by atomic mass is 10.3. The minimum atomic E-state index is 0.993. The molecule has 3 rings (SSSR count). The molecule has 5 heteroatoms. The van der Waals surface area contributed by atoms with Crippen molar-refractivity contribution in [3.05, 3.63) is 40.6 Å². The molecule has 0 radical (unpaired) electrons. The number of thiophene rings is 1. The van der Waals surface area contributed by atoms with Crippen LogP contribution < -0.4 is 0 Å². The lowest BCUT2D eigenvalue weighted by molar-refractivity contribution is 0.247. The monoisotopic (exact) mass is 276 g/mol. The maximum atomic E-state index is 4.08. The normalized spacial score (nSPS) is 18.5. The van der Waals surface area contributed by atoms with E-state index in [9.17, 15) is 0 Å². The molecule has 1 aliphatic rings. The standard InChI is InChI=1S/C14H20N4S/c1-3-14(19-8-1)11-18-5-2-4-17(6-7-18)10-13-9-15-12-16-13/h1,3,8-9,12H,2,4-7,10-11H2,(H,15,16). The van der Waals surface area contributed by atoms with Crippen molar-refractivity contribution >= 4 is 11.3 Å². The second kappa shape index (κ2) is 6.32. The minimum absolute atomic E-state index is 0.993. The first-order chi connectivity index (χ1) is 9.40. The Balaban J connectivity index is 1.51. The van der Waals surface area contributed by atoms with Gasteiger partial charge in [0.15, 0.2) is 0 Å². The number of H-pyrrole nitrogens is 1. The highest BCUT2D eigenvalue weighted by Crippen LogP contribution is 2.14. The SMILES string of the molecule is c1csc(CN2CCCN(Cc3cnc[nH]3)CC2)c1. The Morgan fingerprint density at radius 3 is 2.68 bits per heavy atom. The summed E-state index contributed by atoms with van der Waals surface area (Å²) in [6, 6.07) is 4.38. The molecule has 102 valence electrons. The van der Waals surface area contributed by atoms with Crippen LogP contribution in [0.4, 0.5) is 0 Å². The summed E-state index contributed by atoms with van der Waals surface area (Å²) in [7, 11) is 0. The van der Waals surface area contributed by atoms with Gasteiger partial charge in [-0.15, -0.1) is 11.3 Å². The van der Waals surface area contributed by atoms with Crippen molar-refractivity contribution in [2.45, 2.75) is 19.5 Å². The van der Waals surface area contributed by atoms with Gasteiger partial charge in [-0.25, -0.2) is 4.98 Å². The van der Waals surface area contributed by atoms with Gasteiger partial charge in [-0.05, 0) is 31.0 Å². The number of nitrogens with zero attached hydrogens (tertiary/aromatic N) is 3. The van der Waals surface area contributed by atoms with Crippen LogP contribution in [-0.4, -0.2) is 45.9 Å². The summed E-state index contributed by atoms with van der Waals surface area (Å²) in [5, 5.41) is 2.16. The summed E-state index contributed by atoms with van der Waals surface area (Å²) in [6.07, 6.45) is 4.93. The molecule has 1 N–H and O–H groups in total. The average Bonchev–Trinajstić information content (AvgIpc) is 3.04. The lowest BCUT2D eigenvalue weighted by Crippen LogP contribution is -2.30. The van der Waals surface area contributed by atoms with Crippen LogP contribution in [0, 0.1) is 0 Å².